The van der Waals surface area contributed by atoms with E-state index in [1.54, 1.807) is 0 Å². The van der Waals surface area contributed by atoms with Crippen molar-refractivity contribution in [2.24, 2.45) is 11.3 Å². The number of hydrogen-bond acceptors (Lipinski definition) is 3. The second kappa shape index (κ2) is 5.60. The van der Waals surface area contributed by atoms with Crippen molar-refractivity contribution in [1.82, 2.24) is 5.32 Å². The van der Waals surface area contributed by atoms with Crippen LogP contribution in [0.1, 0.15) is 47.4 Å². The van der Waals surface area contributed by atoms with Crippen LogP contribution in [0.25, 0.3) is 0 Å². The summed E-state index contributed by atoms with van der Waals surface area (Å²) in [6.45, 7) is 4.82. The second-order valence-electron chi connectivity index (χ2n) is 6.87. The van der Waals surface area contributed by atoms with Crippen LogP contribution in [0.15, 0.2) is 18.2 Å². The van der Waals surface area contributed by atoms with Gasteiger partial charge in [-0.1, -0.05) is 13.8 Å². The van der Waals surface area contributed by atoms with E-state index in [2.05, 4.69) is 5.32 Å². The molecule has 1 aromatic carbocycles. The molecule has 2 aliphatic rings. The molecule has 0 bridgehead atoms. The molecule has 0 radical (unpaired) electrons. The number of benzene rings is 1. The highest BCUT2D eigenvalue weighted by Gasteiger charge is 2.58. The fraction of sp³-hybridized carbons (Fsp3) is 0.529. The molecule has 3 rings (SSSR count). The Balaban J connectivity index is 1.76. The molecule has 23 heavy (non-hydrogen) atoms. The van der Waals surface area contributed by atoms with Crippen molar-refractivity contribution in [2.45, 2.75) is 38.8 Å². The lowest BCUT2D eigenvalue weighted by Crippen LogP contribution is -2.70. The Kier molecular flexibility index (Phi) is 3.88. The smallest absolute Gasteiger partial charge is 0.335 e. The van der Waals surface area contributed by atoms with Crippen LogP contribution >= 0.6 is 0 Å². The molecule has 1 aliphatic heterocycles. The molecule has 3 atom stereocenters. The van der Waals surface area contributed by atoms with Crippen molar-refractivity contribution in [3.05, 3.63) is 35.1 Å². The van der Waals surface area contributed by atoms with E-state index < -0.39 is 17.7 Å². The third-order valence-electron chi connectivity index (χ3n) is 5.08. The summed E-state index contributed by atoms with van der Waals surface area (Å²) in [6.07, 6.45) is 2.07. The standard InChI is InChI=1S/C17H20FNO4/c1-17(2)13(11-4-3-7-23-14(11)17)19-15(20)10-6-5-9(16(21)22)8-12(10)18/h5-6,8,11,13-14H,3-4,7H2,1-2H3,(H,19,20)(H,21,22). The lowest BCUT2D eigenvalue weighted by Gasteiger charge is -2.59. The largest absolute Gasteiger partial charge is 0.478 e. The first kappa shape index (κ1) is 15.9. The number of carbonyl (C=O) groups excluding carboxylic acids is 1. The summed E-state index contributed by atoms with van der Waals surface area (Å²) in [5.74, 6) is -2.31. The average molecular weight is 321 g/mol. The Labute approximate surface area is 133 Å². The van der Waals surface area contributed by atoms with E-state index in [1.807, 2.05) is 13.8 Å². The van der Waals surface area contributed by atoms with E-state index >= 15 is 0 Å². The van der Waals surface area contributed by atoms with Crippen molar-refractivity contribution in [3.63, 3.8) is 0 Å². The van der Waals surface area contributed by atoms with Gasteiger partial charge in [0, 0.05) is 24.0 Å². The molecule has 5 nitrogen and oxygen atoms in total. The lowest BCUT2D eigenvalue weighted by molar-refractivity contribution is -0.189. The molecule has 1 aliphatic carbocycles. The number of fused-ring (bicyclic) bond motifs is 1. The number of rotatable bonds is 3. The van der Waals surface area contributed by atoms with Gasteiger partial charge in [-0.2, -0.15) is 0 Å². The third kappa shape index (κ3) is 2.61. The Morgan fingerprint density at radius 3 is 2.78 bits per heavy atom. The quantitative estimate of drug-likeness (QED) is 0.897. The van der Waals surface area contributed by atoms with E-state index in [4.69, 9.17) is 9.84 Å². The summed E-state index contributed by atoms with van der Waals surface area (Å²) >= 11 is 0. The van der Waals surface area contributed by atoms with Crippen LogP contribution in [-0.2, 0) is 4.74 Å². The fourth-order valence-electron chi connectivity index (χ4n) is 3.87. The molecule has 124 valence electrons. The fourth-order valence-corrected chi connectivity index (χ4v) is 3.87. The number of carbonyl (C=O) groups is 2. The van der Waals surface area contributed by atoms with Gasteiger partial charge in [-0.3, -0.25) is 4.79 Å². The third-order valence-corrected chi connectivity index (χ3v) is 5.08. The molecule has 0 aromatic heterocycles. The summed E-state index contributed by atoms with van der Waals surface area (Å²) in [5.41, 5.74) is -0.507. The molecular formula is C17H20FNO4. The normalized spacial score (nSPS) is 28.4. The molecule has 1 amide bonds. The van der Waals surface area contributed by atoms with E-state index in [-0.39, 0.29) is 34.6 Å². The van der Waals surface area contributed by atoms with Gasteiger partial charge in [0.25, 0.3) is 5.91 Å². The van der Waals surface area contributed by atoms with Gasteiger partial charge in [0.2, 0.25) is 0 Å². The molecule has 1 heterocycles. The maximum absolute atomic E-state index is 14.0. The highest BCUT2D eigenvalue weighted by atomic mass is 19.1. The Morgan fingerprint density at radius 1 is 1.39 bits per heavy atom. The number of halogens is 1. The molecule has 2 N–H and O–H groups in total. The van der Waals surface area contributed by atoms with Crippen molar-refractivity contribution < 1.29 is 23.8 Å². The van der Waals surface area contributed by atoms with Crippen LogP contribution < -0.4 is 5.32 Å². The first-order valence-corrected chi connectivity index (χ1v) is 7.77. The van der Waals surface area contributed by atoms with E-state index in [9.17, 15) is 14.0 Å². The van der Waals surface area contributed by atoms with Gasteiger partial charge in [0.05, 0.1) is 17.2 Å². The second-order valence-corrected chi connectivity index (χ2v) is 6.87. The van der Waals surface area contributed by atoms with Crippen molar-refractivity contribution in [3.8, 4) is 0 Å². The molecule has 1 saturated heterocycles. The topological polar surface area (TPSA) is 75.6 Å². The molecule has 0 spiro atoms. The van der Waals surface area contributed by atoms with Gasteiger partial charge in [0.15, 0.2) is 0 Å². The van der Waals surface area contributed by atoms with Crippen LogP contribution in [0.2, 0.25) is 0 Å². The SMILES string of the molecule is CC1(C)C(NC(=O)c2ccc(C(=O)O)cc2F)C2CCCOC21. The zero-order valence-electron chi connectivity index (χ0n) is 13.1. The Morgan fingerprint density at radius 2 is 2.13 bits per heavy atom. The summed E-state index contributed by atoms with van der Waals surface area (Å²) < 4.78 is 19.8. The van der Waals surface area contributed by atoms with Crippen LogP contribution in [0.5, 0.6) is 0 Å². The predicted octanol–water partition coefficient (Wildman–Crippen LogP) is 2.46. The molecule has 2 fully saturated rings. The number of hydrogen-bond donors (Lipinski definition) is 2. The Hall–Kier alpha value is -1.95. The number of carboxylic acid groups (broad SMARTS) is 1. The predicted molar refractivity (Wildman–Crippen MR) is 80.9 cm³/mol. The van der Waals surface area contributed by atoms with Crippen LogP contribution in [0, 0.1) is 17.2 Å². The number of aromatic carboxylic acids is 1. The van der Waals surface area contributed by atoms with Crippen LogP contribution in [0.3, 0.4) is 0 Å². The van der Waals surface area contributed by atoms with Gasteiger partial charge in [-0.15, -0.1) is 0 Å². The average Bonchev–Trinajstić information content (AvgIpc) is 2.52. The zero-order valence-corrected chi connectivity index (χ0v) is 13.1. The highest BCUT2D eigenvalue weighted by Crippen LogP contribution is 2.51. The van der Waals surface area contributed by atoms with Crippen molar-refractivity contribution in [1.29, 1.82) is 0 Å². The molecule has 6 heteroatoms. The first-order chi connectivity index (χ1) is 10.8. The van der Waals surface area contributed by atoms with Gasteiger partial charge < -0.3 is 15.2 Å². The highest BCUT2D eigenvalue weighted by molar-refractivity contribution is 5.96. The van der Waals surface area contributed by atoms with Gasteiger partial charge in [0.1, 0.15) is 5.82 Å². The minimum absolute atomic E-state index is 0.0705. The number of nitrogens with one attached hydrogen (secondary N) is 1. The molecule has 3 unspecified atom stereocenters. The number of amides is 1. The maximum atomic E-state index is 14.0. The monoisotopic (exact) mass is 321 g/mol. The number of ether oxygens (including phenoxy) is 1. The summed E-state index contributed by atoms with van der Waals surface area (Å²) in [6, 6.07) is 3.25. The molecule has 1 aromatic rings. The number of carboxylic acids is 1. The minimum Gasteiger partial charge on any atom is -0.478 e. The van der Waals surface area contributed by atoms with E-state index in [0.29, 0.717) is 0 Å². The van der Waals surface area contributed by atoms with Gasteiger partial charge in [-0.25, -0.2) is 9.18 Å². The Bertz CT molecular complexity index is 658. The van der Waals surface area contributed by atoms with Crippen molar-refractivity contribution >= 4 is 11.9 Å². The van der Waals surface area contributed by atoms with E-state index in [0.717, 1.165) is 25.5 Å². The maximum Gasteiger partial charge on any atom is 0.335 e. The lowest BCUT2D eigenvalue weighted by atomic mass is 9.55. The minimum atomic E-state index is -1.22. The first-order valence-electron chi connectivity index (χ1n) is 7.77. The van der Waals surface area contributed by atoms with Crippen LogP contribution in [0.4, 0.5) is 4.39 Å². The summed E-state index contributed by atoms with van der Waals surface area (Å²) in [4.78, 5) is 23.2. The van der Waals surface area contributed by atoms with Gasteiger partial charge in [-0.05, 0) is 31.0 Å². The molecular weight excluding hydrogens is 301 g/mol. The summed E-state index contributed by atoms with van der Waals surface area (Å²) in [7, 11) is 0. The van der Waals surface area contributed by atoms with E-state index in [1.165, 1.54) is 12.1 Å². The summed E-state index contributed by atoms with van der Waals surface area (Å²) in [5, 5.41) is 11.8. The zero-order chi connectivity index (χ0) is 16.8. The van der Waals surface area contributed by atoms with Crippen molar-refractivity contribution in [2.75, 3.05) is 6.61 Å². The van der Waals surface area contributed by atoms with Crippen LogP contribution in [-0.4, -0.2) is 35.7 Å². The molecule has 1 saturated carbocycles. The van der Waals surface area contributed by atoms with Gasteiger partial charge >= 0.3 is 5.97 Å².